The van der Waals surface area contributed by atoms with Crippen molar-refractivity contribution in [3.63, 3.8) is 0 Å². The molecule has 0 aliphatic heterocycles. The Morgan fingerprint density at radius 2 is 1.89 bits per heavy atom. The molecule has 0 aliphatic carbocycles. The van der Waals surface area contributed by atoms with Gasteiger partial charge in [-0.2, -0.15) is 13.2 Å². The topological polar surface area (TPSA) is 32.3 Å². The smallest absolute Gasteiger partial charge is 0.387 e. The van der Waals surface area contributed by atoms with Crippen LogP contribution in [-0.2, 0) is 6.18 Å². The Morgan fingerprint density at radius 1 is 1.32 bits per heavy atom. The molecule has 0 radical (unpaired) electrons. The minimum Gasteiger partial charge on any atom is -0.387 e. The standard InChI is InChI=1S/C13H17F3N2O/c1-8(2)18(4)12(19)10-7-9(13(14,15)16)5-6-11(10)17-3/h5-8,17H,1-4H3. The Balaban J connectivity index is 3.27. The summed E-state index contributed by atoms with van der Waals surface area (Å²) in [5.41, 5.74) is -0.425. The quantitative estimate of drug-likeness (QED) is 0.917. The van der Waals surface area contributed by atoms with Gasteiger partial charge < -0.3 is 10.2 Å². The van der Waals surface area contributed by atoms with E-state index in [0.717, 1.165) is 12.1 Å². The molecule has 0 saturated carbocycles. The molecule has 3 nitrogen and oxygen atoms in total. The van der Waals surface area contributed by atoms with Crippen LogP contribution in [0.4, 0.5) is 18.9 Å². The fourth-order valence-corrected chi connectivity index (χ4v) is 1.54. The van der Waals surface area contributed by atoms with Crippen LogP contribution in [0.5, 0.6) is 0 Å². The molecule has 0 heterocycles. The second kappa shape index (κ2) is 5.50. The fraction of sp³-hybridized carbons (Fsp3) is 0.462. The number of nitrogens with one attached hydrogen (secondary N) is 1. The van der Waals surface area contributed by atoms with E-state index < -0.39 is 17.6 Å². The number of hydrogen-bond acceptors (Lipinski definition) is 2. The zero-order valence-electron chi connectivity index (χ0n) is 11.3. The second-order valence-electron chi connectivity index (χ2n) is 4.52. The number of carbonyl (C=O) groups excluding carboxylic acids is 1. The average molecular weight is 274 g/mol. The highest BCUT2D eigenvalue weighted by atomic mass is 19.4. The van der Waals surface area contributed by atoms with Crippen LogP contribution in [0.15, 0.2) is 18.2 Å². The summed E-state index contributed by atoms with van der Waals surface area (Å²) >= 11 is 0. The molecule has 0 spiro atoms. The molecule has 0 fully saturated rings. The Morgan fingerprint density at radius 3 is 2.32 bits per heavy atom. The van der Waals surface area contributed by atoms with Gasteiger partial charge in [0.1, 0.15) is 0 Å². The molecular formula is C13H17F3N2O. The van der Waals surface area contributed by atoms with Crippen LogP contribution in [0.25, 0.3) is 0 Å². The molecule has 0 unspecified atom stereocenters. The van der Waals surface area contributed by atoms with Crippen LogP contribution in [0, 0.1) is 0 Å². The van der Waals surface area contributed by atoms with Gasteiger partial charge in [-0.25, -0.2) is 0 Å². The molecular weight excluding hydrogens is 257 g/mol. The molecule has 1 N–H and O–H groups in total. The van der Waals surface area contributed by atoms with E-state index in [1.807, 2.05) is 0 Å². The fourth-order valence-electron chi connectivity index (χ4n) is 1.54. The van der Waals surface area contributed by atoms with Crippen molar-refractivity contribution in [2.45, 2.75) is 26.1 Å². The molecule has 0 aliphatic rings. The molecule has 0 atom stereocenters. The number of hydrogen-bond donors (Lipinski definition) is 1. The summed E-state index contributed by atoms with van der Waals surface area (Å²) in [5, 5.41) is 2.73. The Hall–Kier alpha value is -1.72. The second-order valence-corrected chi connectivity index (χ2v) is 4.52. The average Bonchev–Trinajstić information content (AvgIpc) is 2.34. The van der Waals surface area contributed by atoms with Crippen molar-refractivity contribution in [1.29, 1.82) is 0 Å². The van der Waals surface area contributed by atoms with Crippen LogP contribution in [0.1, 0.15) is 29.8 Å². The van der Waals surface area contributed by atoms with E-state index in [0.29, 0.717) is 5.69 Å². The third-order valence-electron chi connectivity index (χ3n) is 2.94. The van der Waals surface area contributed by atoms with Gasteiger partial charge >= 0.3 is 6.18 Å². The van der Waals surface area contributed by atoms with Crippen molar-refractivity contribution in [1.82, 2.24) is 4.90 Å². The van der Waals surface area contributed by atoms with Gasteiger partial charge in [0, 0.05) is 25.8 Å². The monoisotopic (exact) mass is 274 g/mol. The number of anilines is 1. The highest BCUT2D eigenvalue weighted by molar-refractivity contribution is 5.99. The number of nitrogens with zero attached hydrogens (tertiary/aromatic N) is 1. The molecule has 0 aromatic heterocycles. The van der Waals surface area contributed by atoms with Crippen LogP contribution in [0.2, 0.25) is 0 Å². The van der Waals surface area contributed by atoms with Crippen LogP contribution < -0.4 is 5.32 Å². The Labute approximate surface area is 110 Å². The molecule has 1 aromatic carbocycles. The van der Waals surface area contributed by atoms with Gasteiger partial charge in [-0.05, 0) is 32.0 Å². The van der Waals surface area contributed by atoms with Crippen LogP contribution in [-0.4, -0.2) is 30.9 Å². The molecule has 0 bridgehead atoms. The summed E-state index contributed by atoms with van der Waals surface area (Å²) in [6, 6.07) is 3.02. The summed E-state index contributed by atoms with van der Waals surface area (Å²) in [4.78, 5) is 13.6. The highest BCUT2D eigenvalue weighted by Crippen LogP contribution is 2.32. The summed E-state index contributed by atoms with van der Waals surface area (Å²) < 4.78 is 38.0. The van der Waals surface area contributed by atoms with E-state index in [2.05, 4.69) is 5.32 Å². The SMILES string of the molecule is CNc1ccc(C(F)(F)F)cc1C(=O)N(C)C(C)C. The zero-order chi connectivity index (χ0) is 14.8. The lowest BCUT2D eigenvalue weighted by Crippen LogP contribution is -2.33. The first kappa shape index (κ1) is 15.3. The molecule has 106 valence electrons. The number of benzene rings is 1. The number of amides is 1. The van der Waals surface area contributed by atoms with Crippen molar-refractivity contribution < 1.29 is 18.0 Å². The lowest BCUT2D eigenvalue weighted by Gasteiger charge is -2.23. The maximum Gasteiger partial charge on any atom is 0.416 e. The molecule has 1 amide bonds. The maximum absolute atomic E-state index is 12.7. The zero-order valence-corrected chi connectivity index (χ0v) is 11.3. The first-order valence-electron chi connectivity index (χ1n) is 5.84. The summed E-state index contributed by atoms with van der Waals surface area (Å²) in [5.74, 6) is -0.439. The van der Waals surface area contributed by atoms with Crippen molar-refractivity contribution in [3.05, 3.63) is 29.3 Å². The van der Waals surface area contributed by atoms with Crippen LogP contribution >= 0.6 is 0 Å². The minimum atomic E-state index is -4.46. The number of carbonyl (C=O) groups is 1. The number of rotatable bonds is 3. The predicted octanol–water partition coefficient (Wildman–Crippen LogP) is 3.23. The summed E-state index contributed by atoms with van der Waals surface area (Å²) in [6.45, 7) is 3.59. The molecule has 19 heavy (non-hydrogen) atoms. The van der Waals surface area contributed by atoms with E-state index in [-0.39, 0.29) is 11.6 Å². The molecule has 6 heteroatoms. The van der Waals surface area contributed by atoms with Gasteiger partial charge in [-0.15, -0.1) is 0 Å². The van der Waals surface area contributed by atoms with E-state index in [1.165, 1.54) is 11.0 Å². The highest BCUT2D eigenvalue weighted by Gasteiger charge is 2.32. The third-order valence-corrected chi connectivity index (χ3v) is 2.94. The van der Waals surface area contributed by atoms with E-state index >= 15 is 0 Å². The first-order valence-corrected chi connectivity index (χ1v) is 5.84. The van der Waals surface area contributed by atoms with Crippen LogP contribution in [0.3, 0.4) is 0 Å². The van der Waals surface area contributed by atoms with Gasteiger partial charge in [0.25, 0.3) is 5.91 Å². The van der Waals surface area contributed by atoms with Gasteiger partial charge in [0.2, 0.25) is 0 Å². The summed E-state index contributed by atoms with van der Waals surface area (Å²) in [6.07, 6.45) is -4.46. The largest absolute Gasteiger partial charge is 0.416 e. The first-order chi connectivity index (χ1) is 8.68. The Bertz CT molecular complexity index is 469. The maximum atomic E-state index is 12.7. The van der Waals surface area contributed by atoms with Crippen molar-refractivity contribution >= 4 is 11.6 Å². The Kier molecular flexibility index (Phi) is 4.44. The van der Waals surface area contributed by atoms with E-state index in [9.17, 15) is 18.0 Å². The molecule has 1 rings (SSSR count). The lowest BCUT2D eigenvalue weighted by atomic mass is 10.1. The third kappa shape index (κ3) is 3.39. The van der Waals surface area contributed by atoms with E-state index in [1.54, 1.807) is 27.9 Å². The van der Waals surface area contributed by atoms with Crippen molar-refractivity contribution in [3.8, 4) is 0 Å². The number of alkyl halides is 3. The lowest BCUT2D eigenvalue weighted by molar-refractivity contribution is -0.137. The van der Waals surface area contributed by atoms with Crippen molar-refractivity contribution in [2.24, 2.45) is 0 Å². The minimum absolute atomic E-state index is 0.0218. The van der Waals surface area contributed by atoms with Gasteiger partial charge in [-0.1, -0.05) is 0 Å². The van der Waals surface area contributed by atoms with Gasteiger partial charge in [-0.3, -0.25) is 4.79 Å². The normalized spacial score (nSPS) is 11.6. The summed E-state index contributed by atoms with van der Waals surface area (Å²) in [7, 11) is 3.13. The van der Waals surface area contributed by atoms with Crippen molar-refractivity contribution in [2.75, 3.05) is 19.4 Å². The number of halogens is 3. The van der Waals surface area contributed by atoms with Gasteiger partial charge in [0.05, 0.1) is 11.1 Å². The molecule has 0 saturated heterocycles. The molecule has 1 aromatic rings. The van der Waals surface area contributed by atoms with E-state index in [4.69, 9.17) is 0 Å². The predicted molar refractivity (Wildman–Crippen MR) is 68.2 cm³/mol. The van der Waals surface area contributed by atoms with Gasteiger partial charge in [0.15, 0.2) is 0 Å².